The van der Waals surface area contributed by atoms with Crippen LogP contribution in [0.5, 0.6) is 0 Å². The predicted molar refractivity (Wildman–Crippen MR) is 86.0 cm³/mol. The molecule has 0 aromatic heterocycles. The van der Waals surface area contributed by atoms with Gasteiger partial charge in [-0.3, -0.25) is 4.79 Å². The van der Waals surface area contributed by atoms with E-state index >= 15 is 0 Å². The fraction of sp³-hybridized carbons (Fsp3) is 0.235. The van der Waals surface area contributed by atoms with E-state index in [0.717, 1.165) is 11.6 Å². The van der Waals surface area contributed by atoms with Gasteiger partial charge in [-0.1, -0.05) is 12.1 Å². The number of benzene rings is 2. The van der Waals surface area contributed by atoms with Crippen LogP contribution >= 0.6 is 0 Å². The van der Waals surface area contributed by atoms with Gasteiger partial charge in [0.25, 0.3) is 0 Å². The third-order valence-electron chi connectivity index (χ3n) is 3.37. The average molecular weight is 319 g/mol. The van der Waals surface area contributed by atoms with E-state index in [1.54, 1.807) is 12.1 Å². The molecule has 2 rings (SSSR count). The SMILES string of the molecule is CN(C)Cc1ccc(C(N)=O)cc1NCc1ccc(F)cc1F. The third-order valence-corrected chi connectivity index (χ3v) is 3.37. The molecular weight excluding hydrogens is 300 g/mol. The Kier molecular flexibility index (Phi) is 5.28. The summed E-state index contributed by atoms with van der Waals surface area (Å²) >= 11 is 0. The minimum atomic E-state index is -0.615. The van der Waals surface area contributed by atoms with E-state index in [-0.39, 0.29) is 6.54 Å². The number of rotatable bonds is 6. The fourth-order valence-corrected chi connectivity index (χ4v) is 2.23. The second-order valence-corrected chi connectivity index (χ2v) is 5.56. The summed E-state index contributed by atoms with van der Waals surface area (Å²) in [5, 5.41) is 3.09. The summed E-state index contributed by atoms with van der Waals surface area (Å²) in [5.41, 5.74) is 7.65. The molecule has 0 atom stereocenters. The van der Waals surface area contributed by atoms with Gasteiger partial charge in [0.2, 0.25) is 5.91 Å². The van der Waals surface area contributed by atoms with Crippen LogP contribution in [-0.4, -0.2) is 24.9 Å². The van der Waals surface area contributed by atoms with Crippen LogP contribution in [-0.2, 0) is 13.1 Å². The Balaban J connectivity index is 2.25. The van der Waals surface area contributed by atoms with Crippen LogP contribution < -0.4 is 11.1 Å². The van der Waals surface area contributed by atoms with Gasteiger partial charge < -0.3 is 16.0 Å². The Morgan fingerprint density at radius 1 is 1.13 bits per heavy atom. The molecule has 0 aliphatic heterocycles. The summed E-state index contributed by atoms with van der Waals surface area (Å²) in [6.07, 6.45) is 0. The van der Waals surface area contributed by atoms with Gasteiger partial charge in [0.1, 0.15) is 11.6 Å². The molecule has 0 radical (unpaired) electrons. The number of nitrogens with zero attached hydrogens (tertiary/aromatic N) is 1. The number of carbonyl (C=O) groups excluding carboxylic acids is 1. The number of primary amides is 1. The highest BCUT2D eigenvalue weighted by molar-refractivity contribution is 5.94. The van der Waals surface area contributed by atoms with Crippen LogP contribution in [0.25, 0.3) is 0 Å². The molecule has 2 aromatic rings. The highest BCUT2D eigenvalue weighted by Crippen LogP contribution is 2.21. The number of amides is 1. The lowest BCUT2D eigenvalue weighted by atomic mass is 10.1. The second kappa shape index (κ2) is 7.19. The number of hydrogen-bond donors (Lipinski definition) is 2. The van der Waals surface area contributed by atoms with Crippen molar-refractivity contribution in [2.24, 2.45) is 5.73 Å². The molecule has 23 heavy (non-hydrogen) atoms. The predicted octanol–water partition coefficient (Wildman–Crippen LogP) is 2.74. The molecule has 0 saturated heterocycles. The van der Waals surface area contributed by atoms with Crippen LogP contribution in [0.4, 0.5) is 14.5 Å². The maximum Gasteiger partial charge on any atom is 0.248 e. The van der Waals surface area contributed by atoms with Crippen LogP contribution in [0.15, 0.2) is 36.4 Å². The van der Waals surface area contributed by atoms with E-state index < -0.39 is 17.5 Å². The molecule has 0 unspecified atom stereocenters. The first-order valence-electron chi connectivity index (χ1n) is 7.12. The second-order valence-electron chi connectivity index (χ2n) is 5.56. The molecule has 6 heteroatoms. The van der Waals surface area contributed by atoms with Gasteiger partial charge in [-0.2, -0.15) is 0 Å². The zero-order valence-electron chi connectivity index (χ0n) is 13.1. The molecule has 0 bridgehead atoms. The first-order chi connectivity index (χ1) is 10.9. The van der Waals surface area contributed by atoms with Gasteiger partial charge in [0.05, 0.1) is 0 Å². The van der Waals surface area contributed by atoms with E-state index in [4.69, 9.17) is 5.73 Å². The van der Waals surface area contributed by atoms with Crippen LogP contribution in [0.1, 0.15) is 21.5 Å². The number of hydrogen-bond acceptors (Lipinski definition) is 3. The largest absolute Gasteiger partial charge is 0.381 e. The Bertz CT molecular complexity index is 717. The number of nitrogens with two attached hydrogens (primary N) is 1. The number of anilines is 1. The van der Waals surface area contributed by atoms with E-state index in [2.05, 4.69) is 5.32 Å². The average Bonchev–Trinajstić information content (AvgIpc) is 2.46. The summed E-state index contributed by atoms with van der Waals surface area (Å²) in [5.74, 6) is -1.76. The minimum Gasteiger partial charge on any atom is -0.381 e. The lowest BCUT2D eigenvalue weighted by molar-refractivity contribution is 0.100. The van der Waals surface area contributed by atoms with Crippen molar-refractivity contribution < 1.29 is 13.6 Å². The molecule has 0 heterocycles. The van der Waals surface area contributed by atoms with Crippen molar-refractivity contribution in [3.8, 4) is 0 Å². The normalized spacial score (nSPS) is 10.8. The fourth-order valence-electron chi connectivity index (χ4n) is 2.23. The van der Waals surface area contributed by atoms with Crippen LogP contribution in [0.3, 0.4) is 0 Å². The summed E-state index contributed by atoms with van der Waals surface area (Å²) in [6.45, 7) is 0.821. The summed E-state index contributed by atoms with van der Waals surface area (Å²) < 4.78 is 26.7. The molecule has 0 aliphatic carbocycles. The lowest BCUT2D eigenvalue weighted by Crippen LogP contribution is -2.15. The molecule has 2 aromatic carbocycles. The monoisotopic (exact) mass is 319 g/mol. The van der Waals surface area contributed by atoms with Crippen LogP contribution in [0, 0.1) is 11.6 Å². The smallest absolute Gasteiger partial charge is 0.248 e. The molecule has 1 amide bonds. The van der Waals surface area contributed by atoms with Gasteiger partial charge >= 0.3 is 0 Å². The van der Waals surface area contributed by atoms with E-state index in [1.807, 2.05) is 25.1 Å². The van der Waals surface area contributed by atoms with E-state index in [1.165, 1.54) is 12.1 Å². The Morgan fingerprint density at radius 3 is 2.43 bits per heavy atom. The Morgan fingerprint density at radius 2 is 1.83 bits per heavy atom. The van der Waals surface area contributed by atoms with Crippen molar-refractivity contribution in [1.29, 1.82) is 0 Å². The maximum atomic E-state index is 13.7. The summed E-state index contributed by atoms with van der Waals surface area (Å²) in [6, 6.07) is 8.55. The number of nitrogens with one attached hydrogen (secondary N) is 1. The summed E-state index contributed by atoms with van der Waals surface area (Å²) in [7, 11) is 3.84. The molecule has 3 N–H and O–H groups in total. The van der Waals surface area contributed by atoms with Crippen molar-refractivity contribution in [2.75, 3.05) is 19.4 Å². The highest BCUT2D eigenvalue weighted by Gasteiger charge is 2.10. The van der Waals surface area contributed by atoms with Crippen molar-refractivity contribution in [2.45, 2.75) is 13.1 Å². The van der Waals surface area contributed by atoms with Crippen molar-refractivity contribution in [1.82, 2.24) is 4.90 Å². The lowest BCUT2D eigenvalue weighted by Gasteiger charge is -2.17. The minimum absolute atomic E-state index is 0.175. The topological polar surface area (TPSA) is 58.4 Å². The molecule has 122 valence electrons. The van der Waals surface area contributed by atoms with Gasteiger partial charge in [-0.15, -0.1) is 0 Å². The molecule has 0 saturated carbocycles. The molecule has 4 nitrogen and oxygen atoms in total. The summed E-state index contributed by atoms with van der Waals surface area (Å²) in [4.78, 5) is 13.3. The molecular formula is C17H19F2N3O. The Hall–Kier alpha value is -2.47. The van der Waals surface area contributed by atoms with Crippen molar-refractivity contribution >= 4 is 11.6 Å². The quantitative estimate of drug-likeness (QED) is 0.861. The van der Waals surface area contributed by atoms with Crippen molar-refractivity contribution in [3.63, 3.8) is 0 Å². The first kappa shape index (κ1) is 16.9. The maximum absolute atomic E-state index is 13.7. The molecule has 0 aliphatic rings. The van der Waals surface area contributed by atoms with E-state index in [9.17, 15) is 13.6 Å². The molecule has 0 fully saturated rings. The zero-order chi connectivity index (χ0) is 17.0. The standard InChI is InChI=1S/C17H19F2N3O/c1-22(2)10-13-4-3-11(17(20)23)7-16(13)21-9-12-5-6-14(18)8-15(12)19/h3-8,21H,9-10H2,1-2H3,(H2,20,23). The number of carbonyl (C=O) groups is 1. The van der Waals surface area contributed by atoms with Crippen molar-refractivity contribution in [3.05, 3.63) is 64.7 Å². The first-order valence-corrected chi connectivity index (χ1v) is 7.12. The van der Waals surface area contributed by atoms with Gasteiger partial charge in [0.15, 0.2) is 0 Å². The van der Waals surface area contributed by atoms with Gasteiger partial charge in [0, 0.05) is 36.0 Å². The molecule has 0 spiro atoms. The third kappa shape index (κ3) is 4.50. The zero-order valence-corrected chi connectivity index (χ0v) is 13.1. The number of halogens is 2. The van der Waals surface area contributed by atoms with E-state index in [0.29, 0.717) is 23.4 Å². The van der Waals surface area contributed by atoms with Gasteiger partial charge in [-0.05, 0) is 37.9 Å². The Labute approximate surface area is 133 Å². The van der Waals surface area contributed by atoms with Crippen LogP contribution in [0.2, 0.25) is 0 Å². The highest BCUT2D eigenvalue weighted by atomic mass is 19.1. The van der Waals surface area contributed by atoms with Gasteiger partial charge in [-0.25, -0.2) is 8.78 Å².